The number of aromatic nitrogens is 4. The predicted octanol–water partition coefficient (Wildman–Crippen LogP) is 0.677. The zero-order valence-electron chi connectivity index (χ0n) is 11.5. The molecule has 0 saturated carbocycles. The summed E-state index contributed by atoms with van der Waals surface area (Å²) in [5, 5.41) is 21.4. The maximum Gasteiger partial charge on any atom is 0.309 e. The van der Waals surface area contributed by atoms with Gasteiger partial charge in [-0.15, -0.1) is 10.2 Å². The molecule has 1 aliphatic heterocycles. The van der Waals surface area contributed by atoms with E-state index in [1.807, 2.05) is 6.92 Å². The van der Waals surface area contributed by atoms with E-state index in [2.05, 4.69) is 20.3 Å². The van der Waals surface area contributed by atoms with E-state index in [9.17, 15) is 9.90 Å². The van der Waals surface area contributed by atoms with Crippen molar-refractivity contribution < 1.29 is 9.90 Å². The third-order valence-corrected chi connectivity index (χ3v) is 3.91. The first-order valence-electron chi connectivity index (χ1n) is 6.74. The molecule has 1 aliphatic rings. The molecule has 1 fully saturated rings. The van der Waals surface area contributed by atoms with Crippen molar-refractivity contribution in [3.8, 4) is 0 Å². The monoisotopic (exact) mass is 267 g/mol. The van der Waals surface area contributed by atoms with Crippen molar-refractivity contribution in [1.82, 2.24) is 25.1 Å². The van der Waals surface area contributed by atoms with Crippen molar-refractivity contribution in [2.24, 2.45) is 12.5 Å². The number of tetrazole rings is 1. The van der Waals surface area contributed by atoms with Gasteiger partial charge in [-0.2, -0.15) is 4.80 Å². The summed E-state index contributed by atoms with van der Waals surface area (Å²) in [6.45, 7) is 4.26. The molecule has 1 aromatic heterocycles. The fourth-order valence-corrected chi connectivity index (χ4v) is 2.78. The van der Waals surface area contributed by atoms with Crippen LogP contribution in [0.3, 0.4) is 0 Å². The fraction of sp³-hybridized carbons (Fsp3) is 0.833. The van der Waals surface area contributed by atoms with Crippen molar-refractivity contribution in [2.45, 2.75) is 39.2 Å². The quantitative estimate of drug-likeness (QED) is 0.844. The molecule has 0 amide bonds. The molecule has 1 aromatic rings. The van der Waals surface area contributed by atoms with Gasteiger partial charge in [-0.3, -0.25) is 9.69 Å². The Morgan fingerprint density at radius 2 is 2.11 bits per heavy atom. The molecule has 0 aliphatic carbocycles. The van der Waals surface area contributed by atoms with E-state index < -0.39 is 11.4 Å². The molecule has 0 radical (unpaired) electrons. The zero-order valence-corrected chi connectivity index (χ0v) is 11.5. The number of aliphatic carboxylic acids is 1. The lowest BCUT2D eigenvalue weighted by atomic mass is 9.75. The second-order valence-electron chi connectivity index (χ2n) is 5.31. The number of hydrogen-bond donors (Lipinski definition) is 1. The smallest absolute Gasteiger partial charge is 0.309 e. The highest BCUT2D eigenvalue weighted by atomic mass is 16.4. The normalized spacial score (nSPS) is 19.5. The van der Waals surface area contributed by atoms with Crippen molar-refractivity contribution >= 4 is 5.97 Å². The number of aryl methyl sites for hydroxylation is 1. The van der Waals surface area contributed by atoms with Gasteiger partial charge >= 0.3 is 5.97 Å². The Hall–Kier alpha value is -1.50. The Kier molecular flexibility index (Phi) is 4.14. The van der Waals surface area contributed by atoms with Gasteiger partial charge < -0.3 is 5.11 Å². The molecule has 0 bridgehead atoms. The molecule has 1 saturated heterocycles. The number of carboxylic acids is 1. The highest BCUT2D eigenvalue weighted by molar-refractivity contribution is 5.74. The van der Waals surface area contributed by atoms with Gasteiger partial charge in [0.1, 0.15) is 0 Å². The van der Waals surface area contributed by atoms with Crippen molar-refractivity contribution in [3.05, 3.63) is 5.82 Å². The lowest BCUT2D eigenvalue weighted by molar-refractivity contribution is -0.152. The fourth-order valence-electron chi connectivity index (χ4n) is 2.78. The number of nitrogens with zero attached hydrogens (tertiary/aromatic N) is 5. The largest absolute Gasteiger partial charge is 0.481 e. The molecule has 19 heavy (non-hydrogen) atoms. The SMILES string of the molecule is CCCC1(C(=O)O)CCN(Cc2nnn(C)n2)CC1. The third kappa shape index (κ3) is 3.09. The molecule has 106 valence electrons. The summed E-state index contributed by atoms with van der Waals surface area (Å²) in [4.78, 5) is 15.1. The first-order valence-corrected chi connectivity index (χ1v) is 6.74. The van der Waals surface area contributed by atoms with Crippen LogP contribution < -0.4 is 0 Å². The summed E-state index contributed by atoms with van der Waals surface area (Å²) in [7, 11) is 1.74. The van der Waals surface area contributed by atoms with E-state index in [4.69, 9.17) is 0 Å². The van der Waals surface area contributed by atoms with Gasteiger partial charge in [0.15, 0.2) is 5.82 Å². The maximum absolute atomic E-state index is 11.5. The first kappa shape index (κ1) is 13.9. The van der Waals surface area contributed by atoms with Crippen LogP contribution in [-0.4, -0.2) is 49.3 Å². The standard InChI is InChI=1S/C12H21N5O2/c1-3-4-12(11(18)19)5-7-17(8-6-12)9-10-13-15-16(2)14-10/h3-9H2,1-2H3,(H,18,19). The highest BCUT2D eigenvalue weighted by Crippen LogP contribution is 2.36. The molecular formula is C12H21N5O2. The van der Waals surface area contributed by atoms with Crippen LogP contribution in [0.2, 0.25) is 0 Å². The number of likely N-dealkylation sites (tertiary alicyclic amines) is 1. The summed E-state index contributed by atoms with van der Waals surface area (Å²) in [5.74, 6) is 0.0486. The molecule has 2 heterocycles. The topological polar surface area (TPSA) is 84.1 Å². The van der Waals surface area contributed by atoms with E-state index in [1.165, 1.54) is 4.80 Å². The Bertz CT molecular complexity index is 437. The van der Waals surface area contributed by atoms with Crippen molar-refractivity contribution in [1.29, 1.82) is 0 Å². The molecule has 0 spiro atoms. The predicted molar refractivity (Wildman–Crippen MR) is 68.3 cm³/mol. The van der Waals surface area contributed by atoms with Crippen LogP contribution in [0.25, 0.3) is 0 Å². The summed E-state index contributed by atoms with van der Waals surface area (Å²) < 4.78 is 0. The number of rotatable bonds is 5. The lowest BCUT2D eigenvalue weighted by Crippen LogP contribution is -2.44. The van der Waals surface area contributed by atoms with Gasteiger partial charge in [0.25, 0.3) is 0 Å². The molecule has 0 aromatic carbocycles. The lowest BCUT2D eigenvalue weighted by Gasteiger charge is -2.38. The Morgan fingerprint density at radius 1 is 1.42 bits per heavy atom. The maximum atomic E-state index is 11.5. The van der Waals surface area contributed by atoms with Gasteiger partial charge in [0.05, 0.1) is 19.0 Å². The van der Waals surface area contributed by atoms with E-state index in [0.29, 0.717) is 25.2 Å². The van der Waals surface area contributed by atoms with Crippen LogP contribution in [0.15, 0.2) is 0 Å². The molecule has 2 rings (SSSR count). The summed E-state index contributed by atoms with van der Waals surface area (Å²) in [6, 6.07) is 0. The Balaban J connectivity index is 1.92. The number of carboxylic acid groups (broad SMARTS) is 1. The average molecular weight is 267 g/mol. The van der Waals surface area contributed by atoms with E-state index in [-0.39, 0.29) is 0 Å². The molecular weight excluding hydrogens is 246 g/mol. The zero-order chi connectivity index (χ0) is 13.9. The van der Waals surface area contributed by atoms with E-state index in [0.717, 1.165) is 25.9 Å². The van der Waals surface area contributed by atoms with Gasteiger partial charge in [-0.1, -0.05) is 13.3 Å². The third-order valence-electron chi connectivity index (χ3n) is 3.91. The second kappa shape index (κ2) is 5.64. The average Bonchev–Trinajstić information content (AvgIpc) is 2.77. The molecule has 0 atom stereocenters. The molecule has 7 heteroatoms. The van der Waals surface area contributed by atoms with Crippen molar-refractivity contribution in [2.75, 3.05) is 13.1 Å². The second-order valence-corrected chi connectivity index (χ2v) is 5.31. The number of piperidine rings is 1. The summed E-state index contributed by atoms with van der Waals surface area (Å²) >= 11 is 0. The van der Waals surface area contributed by atoms with E-state index >= 15 is 0 Å². The number of hydrogen-bond acceptors (Lipinski definition) is 5. The summed E-state index contributed by atoms with van der Waals surface area (Å²) in [6.07, 6.45) is 3.09. The molecule has 0 unspecified atom stereocenters. The van der Waals surface area contributed by atoms with Gasteiger partial charge in [0, 0.05) is 0 Å². The van der Waals surface area contributed by atoms with Gasteiger partial charge in [-0.25, -0.2) is 0 Å². The molecule has 1 N–H and O–H groups in total. The first-order chi connectivity index (χ1) is 9.05. The molecule has 7 nitrogen and oxygen atoms in total. The van der Waals surface area contributed by atoms with Crippen LogP contribution in [0.1, 0.15) is 38.4 Å². The minimum absolute atomic E-state index is 0.527. The highest BCUT2D eigenvalue weighted by Gasteiger charge is 2.40. The minimum atomic E-state index is -0.647. The Labute approximate surface area is 112 Å². The van der Waals surface area contributed by atoms with Crippen LogP contribution in [0, 0.1) is 5.41 Å². The van der Waals surface area contributed by atoms with E-state index in [1.54, 1.807) is 7.05 Å². The van der Waals surface area contributed by atoms with Gasteiger partial charge in [-0.05, 0) is 37.6 Å². The number of carbonyl (C=O) groups is 1. The van der Waals surface area contributed by atoms with Crippen LogP contribution >= 0.6 is 0 Å². The summed E-state index contributed by atoms with van der Waals surface area (Å²) in [5.41, 5.74) is -0.527. The van der Waals surface area contributed by atoms with Crippen LogP contribution in [-0.2, 0) is 18.4 Å². The van der Waals surface area contributed by atoms with Crippen LogP contribution in [0.4, 0.5) is 0 Å². The Morgan fingerprint density at radius 3 is 2.58 bits per heavy atom. The van der Waals surface area contributed by atoms with Gasteiger partial charge in [0.2, 0.25) is 0 Å². The van der Waals surface area contributed by atoms with Crippen LogP contribution in [0.5, 0.6) is 0 Å². The minimum Gasteiger partial charge on any atom is -0.481 e. The van der Waals surface area contributed by atoms with Crippen molar-refractivity contribution in [3.63, 3.8) is 0 Å².